The third-order valence-corrected chi connectivity index (χ3v) is 13.9. The Morgan fingerprint density at radius 2 is 1.05 bits per heavy atom. The molecule has 0 radical (unpaired) electrons. The summed E-state index contributed by atoms with van der Waals surface area (Å²) in [5.41, 5.74) is 16.5. The summed E-state index contributed by atoms with van der Waals surface area (Å²) < 4.78 is 0. The van der Waals surface area contributed by atoms with Gasteiger partial charge in [0.15, 0.2) is 0 Å². The molecule has 11 N–H and O–H groups in total. The SMILES string of the molecule is CSCCC(NC(=O)C(Cc1c[nH]c2ccccc12)NC(=O)C(Cc1ccccc1)NC(=O)C(Cc1ccccc1)NC(=O)C(Cc1ccccc1)NC(=O)C1CCCN1C(=O)C(N)Cc1ccc(O)cc1)C(N)=O. The van der Waals surface area contributed by atoms with E-state index >= 15 is 0 Å². The minimum Gasteiger partial charge on any atom is -0.508 e. The van der Waals surface area contributed by atoms with Crippen molar-refractivity contribution in [3.05, 3.63) is 174 Å². The number of nitrogens with zero attached hydrogens (tertiary/aromatic N) is 1. The van der Waals surface area contributed by atoms with Crippen LogP contribution in [0.1, 0.15) is 47.1 Å². The number of phenols is 1. The van der Waals surface area contributed by atoms with E-state index in [1.54, 1.807) is 79.0 Å². The zero-order valence-electron chi connectivity index (χ0n) is 41.8. The lowest BCUT2D eigenvalue weighted by molar-refractivity contribution is -0.140. The highest BCUT2D eigenvalue weighted by molar-refractivity contribution is 7.98. The van der Waals surface area contributed by atoms with Gasteiger partial charge >= 0.3 is 0 Å². The van der Waals surface area contributed by atoms with Crippen LogP contribution in [0, 0.1) is 0 Å². The molecule has 6 aromatic rings. The molecule has 1 aliphatic rings. The van der Waals surface area contributed by atoms with Crippen molar-refractivity contribution >= 4 is 64.0 Å². The Balaban J connectivity index is 1.14. The number of aromatic hydroxyl groups is 1. The van der Waals surface area contributed by atoms with Gasteiger partial charge in [-0.15, -0.1) is 0 Å². The van der Waals surface area contributed by atoms with E-state index in [4.69, 9.17) is 11.5 Å². The number of primary amides is 1. The zero-order valence-corrected chi connectivity index (χ0v) is 42.6. The Hall–Kier alpha value is -7.96. The van der Waals surface area contributed by atoms with Crippen molar-refractivity contribution in [1.82, 2.24) is 36.5 Å². The number of nitrogens with one attached hydrogen (secondary N) is 6. The molecule has 1 aliphatic heterocycles. The number of carbonyl (C=O) groups excluding carboxylic acids is 7. The molecule has 18 heteroatoms. The van der Waals surface area contributed by atoms with E-state index < -0.39 is 83.6 Å². The second-order valence-electron chi connectivity index (χ2n) is 18.8. The summed E-state index contributed by atoms with van der Waals surface area (Å²) in [7, 11) is 0. The second-order valence-corrected chi connectivity index (χ2v) is 19.8. The average molecular weight is 1040 g/mol. The van der Waals surface area contributed by atoms with Crippen molar-refractivity contribution < 1.29 is 38.7 Å². The van der Waals surface area contributed by atoms with Crippen LogP contribution < -0.4 is 38.1 Å². The normalized spacial score (nSPS) is 15.6. The van der Waals surface area contributed by atoms with Crippen LogP contribution in [0.4, 0.5) is 0 Å². The molecule has 0 saturated carbocycles. The van der Waals surface area contributed by atoms with E-state index in [0.29, 0.717) is 29.7 Å². The molecule has 7 amide bonds. The number of thioether (sulfide) groups is 1. The number of carbonyl (C=O) groups is 7. The highest BCUT2D eigenvalue weighted by Gasteiger charge is 2.39. The Morgan fingerprint density at radius 3 is 1.56 bits per heavy atom. The predicted molar refractivity (Wildman–Crippen MR) is 289 cm³/mol. The second kappa shape index (κ2) is 26.8. The quantitative estimate of drug-likeness (QED) is 0.0404. The monoisotopic (exact) mass is 1040 g/mol. The number of aromatic nitrogens is 1. The van der Waals surface area contributed by atoms with E-state index in [2.05, 4.69) is 31.6 Å². The van der Waals surface area contributed by atoms with Gasteiger partial charge in [0.05, 0.1) is 6.04 Å². The lowest BCUT2D eigenvalue weighted by Gasteiger charge is -2.29. The van der Waals surface area contributed by atoms with Gasteiger partial charge in [0.25, 0.3) is 0 Å². The van der Waals surface area contributed by atoms with Crippen LogP contribution in [-0.2, 0) is 65.7 Å². The summed E-state index contributed by atoms with van der Waals surface area (Å²) in [4.78, 5) is 104. The third-order valence-electron chi connectivity index (χ3n) is 13.3. The summed E-state index contributed by atoms with van der Waals surface area (Å²) in [6, 6.07) is 33.0. The molecule has 75 heavy (non-hydrogen) atoms. The van der Waals surface area contributed by atoms with Crippen LogP contribution in [0.25, 0.3) is 10.9 Å². The minimum atomic E-state index is -1.29. The fourth-order valence-corrected chi connectivity index (χ4v) is 9.75. The molecule has 7 atom stereocenters. The number of hydrogen-bond donors (Lipinski definition) is 9. The summed E-state index contributed by atoms with van der Waals surface area (Å²) in [6.07, 6.45) is 4.97. The van der Waals surface area contributed by atoms with Gasteiger partial charge in [0.2, 0.25) is 41.4 Å². The van der Waals surface area contributed by atoms with Crippen LogP contribution in [0.15, 0.2) is 146 Å². The van der Waals surface area contributed by atoms with Gasteiger partial charge in [-0.3, -0.25) is 33.6 Å². The molecule has 5 aromatic carbocycles. The van der Waals surface area contributed by atoms with Crippen LogP contribution in [0.5, 0.6) is 5.75 Å². The molecule has 17 nitrogen and oxygen atoms in total. The Kier molecular flexibility index (Phi) is 19.6. The molecule has 0 bridgehead atoms. The van der Waals surface area contributed by atoms with Crippen molar-refractivity contribution in [2.24, 2.45) is 11.5 Å². The summed E-state index contributed by atoms with van der Waals surface area (Å²) in [6.45, 7) is 0.285. The lowest BCUT2D eigenvalue weighted by atomic mass is 10.00. The number of aromatic amines is 1. The fourth-order valence-electron chi connectivity index (χ4n) is 9.27. The highest BCUT2D eigenvalue weighted by Crippen LogP contribution is 2.22. The van der Waals surface area contributed by atoms with Crippen LogP contribution in [0.2, 0.25) is 0 Å². The Labute approximate surface area is 440 Å². The zero-order chi connectivity index (χ0) is 53.3. The molecule has 1 aromatic heterocycles. The molecule has 392 valence electrons. The molecular weight excluding hydrogens is 971 g/mol. The maximum Gasteiger partial charge on any atom is 0.243 e. The minimum absolute atomic E-state index is 0.00856. The molecule has 7 rings (SSSR count). The maximum atomic E-state index is 14.9. The first-order valence-electron chi connectivity index (χ1n) is 25.1. The number of fused-ring (bicyclic) bond motifs is 1. The van der Waals surface area contributed by atoms with E-state index in [-0.39, 0.29) is 50.8 Å². The van der Waals surface area contributed by atoms with Gasteiger partial charge in [-0.25, -0.2) is 0 Å². The van der Waals surface area contributed by atoms with Crippen molar-refractivity contribution in [2.75, 3.05) is 18.6 Å². The van der Waals surface area contributed by atoms with Crippen LogP contribution in [0.3, 0.4) is 0 Å². The van der Waals surface area contributed by atoms with Gasteiger partial charge in [-0.1, -0.05) is 121 Å². The topological polar surface area (TPSA) is 271 Å². The van der Waals surface area contributed by atoms with Crippen molar-refractivity contribution in [1.29, 1.82) is 0 Å². The van der Waals surface area contributed by atoms with E-state index in [0.717, 1.165) is 27.6 Å². The first kappa shape index (κ1) is 54.8. The van der Waals surface area contributed by atoms with E-state index in [1.165, 1.54) is 28.8 Å². The van der Waals surface area contributed by atoms with Gasteiger partial charge < -0.3 is 53.0 Å². The number of likely N-dealkylation sites (tertiary alicyclic amines) is 1. The maximum absolute atomic E-state index is 14.9. The van der Waals surface area contributed by atoms with Gasteiger partial charge in [-0.05, 0) is 83.7 Å². The molecule has 0 aliphatic carbocycles. The number of nitrogens with two attached hydrogens (primary N) is 2. The fraction of sp³-hybridized carbons (Fsp3) is 0.316. The summed E-state index contributed by atoms with van der Waals surface area (Å²) in [5.74, 6) is -3.84. The molecule has 0 spiro atoms. The molecular formula is C57H65N9O8S. The van der Waals surface area contributed by atoms with Crippen LogP contribution in [-0.4, -0.2) is 117 Å². The highest BCUT2D eigenvalue weighted by atomic mass is 32.2. The van der Waals surface area contributed by atoms with E-state index in [9.17, 15) is 38.7 Å². The molecule has 1 fully saturated rings. The lowest BCUT2D eigenvalue weighted by Crippen LogP contribution is -2.61. The number of para-hydroxylation sites is 1. The van der Waals surface area contributed by atoms with Gasteiger partial charge in [-0.2, -0.15) is 11.8 Å². The number of amides is 7. The summed E-state index contributed by atoms with van der Waals surface area (Å²) in [5, 5.41) is 24.9. The largest absolute Gasteiger partial charge is 0.508 e. The van der Waals surface area contributed by atoms with E-state index in [1.807, 2.05) is 60.9 Å². The Morgan fingerprint density at radius 1 is 0.600 bits per heavy atom. The predicted octanol–water partition coefficient (Wildman–Crippen LogP) is 3.37. The van der Waals surface area contributed by atoms with Crippen LogP contribution >= 0.6 is 11.8 Å². The smallest absolute Gasteiger partial charge is 0.243 e. The number of phenolic OH excluding ortho intramolecular Hbond substituents is 1. The van der Waals surface area contributed by atoms with Crippen molar-refractivity contribution in [2.45, 2.75) is 93.7 Å². The number of hydrogen-bond acceptors (Lipinski definition) is 10. The third kappa shape index (κ3) is 15.5. The average Bonchev–Trinajstić information content (AvgIpc) is 4.08. The first-order chi connectivity index (χ1) is 36.3. The van der Waals surface area contributed by atoms with Crippen molar-refractivity contribution in [3.8, 4) is 5.75 Å². The Bertz CT molecular complexity index is 2890. The summed E-state index contributed by atoms with van der Waals surface area (Å²) >= 11 is 1.49. The van der Waals surface area contributed by atoms with Crippen molar-refractivity contribution in [3.63, 3.8) is 0 Å². The number of rotatable bonds is 25. The molecule has 1 saturated heterocycles. The first-order valence-corrected chi connectivity index (χ1v) is 26.5. The molecule has 2 heterocycles. The van der Waals surface area contributed by atoms with Gasteiger partial charge in [0.1, 0.15) is 42.0 Å². The van der Waals surface area contributed by atoms with Gasteiger partial charge in [0, 0.05) is 49.3 Å². The number of H-pyrrole nitrogens is 1. The number of benzene rings is 5. The molecule has 7 unspecified atom stereocenters. The standard InChI is InChI=1S/C57H65N9O8S/c1-75-29-27-45(51(59)68)61-55(72)49(34-40-35-60-44-21-12-11-20-42(40)44)64-53(70)47(32-37-16-7-3-8-17-37)62-52(69)46(31-36-14-5-2-6-15-36)63-54(71)48(33-38-18-9-4-10-19-38)65-56(73)50-22-13-28-66(50)57(74)43(58)30-39-23-25-41(67)26-24-39/h2-12,14-21,23-26,35,43,45-50,60,67H,13,22,27-34,58H2,1H3,(H2,59,68)(H,61,72)(H,62,69)(H,63,71)(H,64,70)(H,65,73).